The summed E-state index contributed by atoms with van der Waals surface area (Å²) in [5.74, 6) is 0.370. The first-order valence-corrected chi connectivity index (χ1v) is 11.5. The Morgan fingerprint density at radius 2 is 1.78 bits per heavy atom. The maximum Gasteiger partial charge on any atom is 0.243 e. The quantitative estimate of drug-likeness (QED) is 0.769. The van der Waals surface area contributed by atoms with Crippen molar-refractivity contribution >= 4 is 21.6 Å². The third-order valence-corrected chi connectivity index (χ3v) is 6.48. The van der Waals surface area contributed by atoms with Crippen molar-refractivity contribution in [2.75, 3.05) is 37.2 Å². The highest BCUT2D eigenvalue weighted by molar-refractivity contribution is 7.92. The highest BCUT2D eigenvalue weighted by Gasteiger charge is 2.29. The van der Waals surface area contributed by atoms with Crippen molar-refractivity contribution in [3.05, 3.63) is 29.3 Å². The maximum atomic E-state index is 12.6. The number of hydrogen-bond donors (Lipinski definition) is 1. The lowest BCUT2D eigenvalue weighted by atomic mass is 9.94. The van der Waals surface area contributed by atoms with Gasteiger partial charge in [0, 0.05) is 6.54 Å². The molecule has 0 radical (unpaired) electrons. The number of anilines is 1. The molecule has 0 saturated carbocycles. The molecule has 0 spiro atoms. The van der Waals surface area contributed by atoms with Crippen molar-refractivity contribution in [2.45, 2.75) is 46.1 Å². The molecular formula is C20H33N3O3S. The first-order valence-electron chi connectivity index (χ1n) is 9.62. The van der Waals surface area contributed by atoms with Crippen LogP contribution in [0.3, 0.4) is 0 Å². The molecule has 1 atom stereocenters. The number of piperidine rings is 1. The van der Waals surface area contributed by atoms with Gasteiger partial charge in [0.15, 0.2) is 0 Å². The lowest BCUT2D eigenvalue weighted by Crippen LogP contribution is -2.48. The van der Waals surface area contributed by atoms with Gasteiger partial charge in [-0.15, -0.1) is 0 Å². The average molecular weight is 396 g/mol. The summed E-state index contributed by atoms with van der Waals surface area (Å²) in [5, 5.41) is 2.93. The normalized spacial score (nSPS) is 17.5. The van der Waals surface area contributed by atoms with Crippen LogP contribution < -0.4 is 9.62 Å². The Bertz CT molecular complexity index is 735. The molecule has 0 bridgehead atoms. The highest BCUT2D eigenvalue weighted by Crippen LogP contribution is 2.24. The van der Waals surface area contributed by atoms with Crippen LogP contribution in [0.4, 0.5) is 5.69 Å². The van der Waals surface area contributed by atoms with E-state index in [1.165, 1.54) is 4.31 Å². The van der Waals surface area contributed by atoms with E-state index >= 15 is 0 Å². The van der Waals surface area contributed by atoms with E-state index in [1.54, 1.807) is 19.1 Å². The molecule has 6 nitrogen and oxygen atoms in total. The standard InChI is InChI=1S/C20H33N3O3S/c1-15-12-16(2)14-19(13-15)23(27(5,25)26)17(3)20(24)21-9-6-18-7-10-22(4)11-8-18/h12-14,17-18H,6-11H2,1-5H3,(H,21,24)/t17-/m0/s1. The molecule has 1 aromatic rings. The van der Waals surface area contributed by atoms with Crippen LogP contribution in [0, 0.1) is 19.8 Å². The summed E-state index contributed by atoms with van der Waals surface area (Å²) in [4.78, 5) is 15.0. The van der Waals surface area contributed by atoms with E-state index in [9.17, 15) is 13.2 Å². The van der Waals surface area contributed by atoms with Crippen LogP contribution in [0.5, 0.6) is 0 Å². The average Bonchev–Trinajstić information content (AvgIpc) is 2.54. The largest absolute Gasteiger partial charge is 0.354 e. The number of benzene rings is 1. The molecule has 0 aliphatic carbocycles. The number of carbonyl (C=O) groups is 1. The molecule has 1 aliphatic heterocycles. The third kappa shape index (κ3) is 6.21. The minimum Gasteiger partial charge on any atom is -0.354 e. The SMILES string of the molecule is Cc1cc(C)cc(N([C@@H](C)C(=O)NCCC2CCN(C)CC2)S(C)(=O)=O)c1. The molecule has 0 unspecified atom stereocenters. The van der Waals surface area contributed by atoms with Crippen LogP contribution in [0.2, 0.25) is 0 Å². The highest BCUT2D eigenvalue weighted by atomic mass is 32.2. The molecule has 1 fully saturated rings. The van der Waals surface area contributed by atoms with Crippen molar-refractivity contribution in [3.63, 3.8) is 0 Å². The van der Waals surface area contributed by atoms with Gasteiger partial charge in [-0.25, -0.2) is 8.42 Å². The Hall–Kier alpha value is -1.60. The number of rotatable bonds is 7. The number of sulfonamides is 1. The summed E-state index contributed by atoms with van der Waals surface area (Å²) in [6, 6.07) is 4.79. The van der Waals surface area contributed by atoms with Crippen molar-refractivity contribution in [2.24, 2.45) is 5.92 Å². The van der Waals surface area contributed by atoms with Crippen LogP contribution in [-0.4, -0.2) is 58.2 Å². The number of carbonyl (C=O) groups excluding carboxylic acids is 1. The van der Waals surface area contributed by atoms with E-state index in [0.717, 1.165) is 49.7 Å². The Morgan fingerprint density at radius 3 is 2.30 bits per heavy atom. The number of nitrogens with one attached hydrogen (secondary N) is 1. The van der Waals surface area contributed by atoms with Gasteiger partial charge in [0.05, 0.1) is 11.9 Å². The maximum absolute atomic E-state index is 12.6. The lowest BCUT2D eigenvalue weighted by Gasteiger charge is -2.30. The van der Waals surface area contributed by atoms with Gasteiger partial charge in [0.2, 0.25) is 15.9 Å². The van der Waals surface area contributed by atoms with E-state index in [2.05, 4.69) is 17.3 Å². The lowest BCUT2D eigenvalue weighted by molar-refractivity contribution is -0.121. The van der Waals surface area contributed by atoms with E-state index in [4.69, 9.17) is 0 Å². The second kappa shape index (κ2) is 9.06. The van der Waals surface area contributed by atoms with E-state index in [-0.39, 0.29) is 5.91 Å². The molecule has 1 aromatic carbocycles. The van der Waals surface area contributed by atoms with Gasteiger partial charge in [-0.3, -0.25) is 9.10 Å². The van der Waals surface area contributed by atoms with E-state index < -0.39 is 16.1 Å². The Morgan fingerprint density at radius 1 is 1.22 bits per heavy atom. The van der Waals surface area contributed by atoms with Crippen LogP contribution in [0.15, 0.2) is 18.2 Å². The zero-order valence-electron chi connectivity index (χ0n) is 17.2. The molecule has 1 amide bonds. The minimum absolute atomic E-state index is 0.257. The van der Waals surface area contributed by atoms with Crippen molar-refractivity contribution in [1.82, 2.24) is 10.2 Å². The predicted octanol–water partition coefficient (Wildman–Crippen LogP) is 2.31. The zero-order valence-corrected chi connectivity index (χ0v) is 18.0. The van der Waals surface area contributed by atoms with Gasteiger partial charge in [-0.2, -0.15) is 0 Å². The summed E-state index contributed by atoms with van der Waals surface area (Å²) in [5.41, 5.74) is 2.47. The van der Waals surface area contributed by atoms with Gasteiger partial charge >= 0.3 is 0 Å². The van der Waals surface area contributed by atoms with Crippen molar-refractivity contribution < 1.29 is 13.2 Å². The Labute approximate surface area is 164 Å². The summed E-state index contributed by atoms with van der Waals surface area (Å²) in [6.45, 7) is 8.27. The van der Waals surface area contributed by atoms with Crippen LogP contribution >= 0.6 is 0 Å². The van der Waals surface area contributed by atoms with Crippen LogP contribution in [-0.2, 0) is 14.8 Å². The molecule has 1 heterocycles. The summed E-state index contributed by atoms with van der Waals surface area (Å²) in [6.07, 6.45) is 4.39. The number of hydrogen-bond acceptors (Lipinski definition) is 4. The first kappa shape index (κ1) is 21.7. The molecule has 2 rings (SSSR count). The monoisotopic (exact) mass is 395 g/mol. The molecule has 7 heteroatoms. The molecule has 1 saturated heterocycles. The van der Waals surface area contributed by atoms with E-state index in [0.29, 0.717) is 18.2 Å². The number of nitrogens with zero attached hydrogens (tertiary/aromatic N) is 2. The third-order valence-electron chi connectivity index (χ3n) is 5.24. The second-order valence-corrected chi connectivity index (χ2v) is 9.77. The van der Waals surface area contributed by atoms with Gasteiger partial charge in [0.1, 0.15) is 6.04 Å². The first-order chi connectivity index (χ1) is 12.6. The molecule has 1 aliphatic rings. The summed E-state index contributed by atoms with van der Waals surface area (Å²) < 4.78 is 26.0. The smallest absolute Gasteiger partial charge is 0.243 e. The van der Waals surface area contributed by atoms with Crippen molar-refractivity contribution in [3.8, 4) is 0 Å². The molecular weight excluding hydrogens is 362 g/mol. The van der Waals surface area contributed by atoms with Gasteiger partial charge in [0.25, 0.3) is 0 Å². The molecule has 1 N–H and O–H groups in total. The number of likely N-dealkylation sites (tertiary alicyclic amines) is 1. The number of aryl methyl sites for hydroxylation is 2. The Kier molecular flexibility index (Phi) is 7.28. The Balaban J connectivity index is 2.02. The molecule has 0 aromatic heterocycles. The topological polar surface area (TPSA) is 69.7 Å². The van der Waals surface area contributed by atoms with Crippen molar-refractivity contribution in [1.29, 1.82) is 0 Å². The fourth-order valence-electron chi connectivity index (χ4n) is 3.78. The fourth-order valence-corrected chi connectivity index (χ4v) is 4.94. The fraction of sp³-hybridized carbons (Fsp3) is 0.650. The van der Waals surface area contributed by atoms with Gasteiger partial charge in [-0.05, 0) is 89.3 Å². The van der Waals surface area contributed by atoms with Gasteiger partial charge in [-0.1, -0.05) is 6.07 Å². The minimum atomic E-state index is -3.58. The molecule has 152 valence electrons. The van der Waals surface area contributed by atoms with Crippen LogP contribution in [0.25, 0.3) is 0 Å². The summed E-state index contributed by atoms with van der Waals surface area (Å²) in [7, 11) is -1.45. The van der Waals surface area contributed by atoms with Crippen LogP contribution in [0.1, 0.15) is 37.3 Å². The van der Waals surface area contributed by atoms with Gasteiger partial charge < -0.3 is 10.2 Å². The zero-order chi connectivity index (χ0) is 20.2. The number of amides is 1. The predicted molar refractivity (Wildman–Crippen MR) is 111 cm³/mol. The summed E-state index contributed by atoms with van der Waals surface area (Å²) >= 11 is 0. The second-order valence-electron chi connectivity index (χ2n) is 7.91. The van der Waals surface area contributed by atoms with E-state index in [1.807, 2.05) is 19.9 Å². The molecule has 27 heavy (non-hydrogen) atoms.